The van der Waals surface area contributed by atoms with Crippen LogP contribution in [0, 0.1) is 6.92 Å². The number of nitrogens with one attached hydrogen (secondary N) is 2. The number of amides is 1. The van der Waals surface area contributed by atoms with Crippen LogP contribution in [-0.2, 0) is 0 Å². The Bertz CT molecular complexity index is 703. The normalized spacial score (nSPS) is 16.3. The van der Waals surface area contributed by atoms with Crippen molar-refractivity contribution in [3.63, 3.8) is 0 Å². The van der Waals surface area contributed by atoms with Crippen molar-refractivity contribution in [2.45, 2.75) is 58.5 Å². The van der Waals surface area contributed by atoms with Gasteiger partial charge in [-0.2, -0.15) is 0 Å². The van der Waals surface area contributed by atoms with Crippen molar-refractivity contribution in [3.05, 3.63) is 22.7 Å². The number of thiazole rings is 1. The van der Waals surface area contributed by atoms with Gasteiger partial charge in [0, 0.05) is 12.6 Å². The molecule has 0 radical (unpaired) electrons. The molecule has 1 aliphatic carbocycles. The lowest BCUT2D eigenvalue weighted by molar-refractivity contribution is 0.0940. The van der Waals surface area contributed by atoms with E-state index in [0.29, 0.717) is 10.9 Å². The summed E-state index contributed by atoms with van der Waals surface area (Å²) in [6, 6.07) is 0.268. The quantitative estimate of drug-likeness (QED) is 0.838. The van der Waals surface area contributed by atoms with Crippen LogP contribution in [0.25, 0.3) is 0 Å². The first-order chi connectivity index (χ1) is 11.6. The maximum atomic E-state index is 12.6. The molecular formula is C16H24N6OS. The Labute approximate surface area is 145 Å². The molecule has 0 aliphatic heterocycles. The SMILES string of the molecule is CCNc1nc(C)c(C(=O)NC(C)c2nncn2C2CCCC2)s1. The fourth-order valence-electron chi connectivity index (χ4n) is 3.19. The van der Waals surface area contributed by atoms with Crippen LogP contribution in [0.3, 0.4) is 0 Å². The van der Waals surface area contributed by atoms with Crippen LogP contribution in [0.4, 0.5) is 5.13 Å². The molecule has 0 aromatic carbocycles. The maximum absolute atomic E-state index is 12.6. The van der Waals surface area contributed by atoms with Gasteiger partial charge in [0.25, 0.3) is 5.91 Å². The maximum Gasteiger partial charge on any atom is 0.263 e. The summed E-state index contributed by atoms with van der Waals surface area (Å²) in [5, 5.41) is 15.3. The molecular weight excluding hydrogens is 324 g/mol. The van der Waals surface area contributed by atoms with Crippen molar-refractivity contribution in [1.29, 1.82) is 0 Å². The molecule has 1 unspecified atom stereocenters. The van der Waals surface area contributed by atoms with Crippen LogP contribution in [0.5, 0.6) is 0 Å². The van der Waals surface area contributed by atoms with Crippen LogP contribution in [-0.4, -0.2) is 32.2 Å². The van der Waals surface area contributed by atoms with Gasteiger partial charge in [0.2, 0.25) is 0 Å². The van der Waals surface area contributed by atoms with Gasteiger partial charge in [-0.15, -0.1) is 10.2 Å². The summed E-state index contributed by atoms with van der Waals surface area (Å²) in [4.78, 5) is 17.6. The Hall–Kier alpha value is -1.96. The molecule has 2 aromatic heterocycles. The molecule has 24 heavy (non-hydrogen) atoms. The highest BCUT2D eigenvalue weighted by molar-refractivity contribution is 7.17. The third kappa shape index (κ3) is 3.43. The van der Waals surface area contributed by atoms with Crippen molar-refractivity contribution >= 4 is 22.4 Å². The van der Waals surface area contributed by atoms with Gasteiger partial charge >= 0.3 is 0 Å². The van der Waals surface area contributed by atoms with Gasteiger partial charge in [0.15, 0.2) is 11.0 Å². The van der Waals surface area contributed by atoms with Crippen molar-refractivity contribution in [2.24, 2.45) is 0 Å². The highest BCUT2D eigenvalue weighted by Crippen LogP contribution is 2.31. The van der Waals surface area contributed by atoms with Crippen LogP contribution >= 0.6 is 11.3 Å². The number of aromatic nitrogens is 4. The van der Waals surface area contributed by atoms with Crippen LogP contribution in [0.1, 0.15) is 72.8 Å². The third-order valence-electron chi connectivity index (χ3n) is 4.38. The van der Waals surface area contributed by atoms with E-state index in [1.54, 1.807) is 6.33 Å². The summed E-state index contributed by atoms with van der Waals surface area (Å²) in [7, 11) is 0. The molecule has 7 nitrogen and oxygen atoms in total. The number of rotatable bonds is 6. The van der Waals surface area contributed by atoms with Crippen molar-refractivity contribution in [3.8, 4) is 0 Å². The standard InChI is InChI=1S/C16H24N6OS/c1-4-17-16-20-10(2)13(24-16)15(23)19-11(3)14-21-18-9-22(14)12-7-5-6-8-12/h9,11-12H,4-8H2,1-3H3,(H,17,20)(H,19,23). The van der Waals surface area contributed by atoms with E-state index in [-0.39, 0.29) is 11.9 Å². The first-order valence-electron chi connectivity index (χ1n) is 8.51. The first-order valence-corrected chi connectivity index (χ1v) is 9.33. The van der Waals surface area contributed by atoms with E-state index >= 15 is 0 Å². The van der Waals surface area contributed by atoms with Gasteiger partial charge in [-0.1, -0.05) is 24.2 Å². The molecule has 3 rings (SSSR count). The lowest BCUT2D eigenvalue weighted by Crippen LogP contribution is -2.29. The van der Waals surface area contributed by atoms with Crippen molar-refractivity contribution in [1.82, 2.24) is 25.1 Å². The number of nitrogens with zero attached hydrogens (tertiary/aromatic N) is 4. The van der Waals surface area contributed by atoms with E-state index in [0.717, 1.165) is 36.0 Å². The van der Waals surface area contributed by atoms with Gasteiger partial charge in [-0.25, -0.2) is 4.98 Å². The second kappa shape index (κ2) is 7.29. The summed E-state index contributed by atoms with van der Waals surface area (Å²) in [5.74, 6) is 0.715. The minimum absolute atomic E-state index is 0.109. The van der Waals surface area contributed by atoms with Gasteiger partial charge < -0.3 is 15.2 Å². The molecule has 2 aromatic rings. The number of carbonyl (C=O) groups excluding carboxylic acids is 1. The Balaban J connectivity index is 1.71. The Morgan fingerprint density at radius 3 is 2.92 bits per heavy atom. The zero-order valence-corrected chi connectivity index (χ0v) is 15.2. The van der Waals surface area contributed by atoms with E-state index in [2.05, 4.69) is 30.4 Å². The predicted octanol–water partition coefficient (Wildman–Crippen LogP) is 3.08. The van der Waals surface area contributed by atoms with Gasteiger partial charge in [-0.3, -0.25) is 4.79 Å². The fraction of sp³-hybridized carbons (Fsp3) is 0.625. The largest absolute Gasteiger partial charge is 0.362 e. The molecule has 0 spiro atoms. The second-order valence-corrected chi connectivity index (χ2v) is 7.19. The molecule has 130 valence electrons. The minimum Gasteiger partial charge on any atom is -0.362 e. The van der Waals surface area contributed by atoms with E-state index in [1.807, 2.05) is 20.8 Å². The first kappa shape index (κ1) is 16.9. The molecule has 0 bridgehead atoms. The van der Waals surface area contributed by atoms with E-state index in [4.69, 9.17) is 0 Å². The third-order valence-corrected chi connectivity index (χ3v) is 5.50. The van der Waals surface area contributed by atoms with Crippen LogP contribution in [0.15, 0.2) is 6.33 Å². The summed E-state index contributed by atoms with van der Waals surface area (Å²) >= 11 is 1.38. The molecule has 1 aliphatic rings. The van der Waals surface area contributed by atoms with Gasteiger partial charge in [0.05, 0.1) is 11.7 Å². The molecule has 2 heterocycles. The zero-order valence-electron chi connectivity index (χ0n) is 14.4. The Kier molecular flexibility index (Phi) is 5.13. The van der Waals surface area contributed by atoms with Crippen LogP contribution in [0.2, 0.25) is 0 Å². The Morgan fingerprint density at radius 2 is 2.21 bits per heavy atom. The molecule has 0 saturated heterocycles. The summed E-state index contributed by atoms with van der Waals surface area (Å²) < 4.78 is 2.13. The molecule has 1 amide bonds. The monoisotopic (exact) mass is 348 g/mol. The van der Waals surface area contributed by atoms with E-state index in [1.165, 1.54) is 24.2 Å². The number of carbonyl (C=O) groups is 1. The van der Waals surface area contributed by atoms with Gasteiger partial charge in [0.1, 0.15) is 11.2 Å². The molecule has 2 N–H and O–H groups in total. The van der Waals surface area contributed by atoms with Crippen molar-refractivity contribution in [2.75, 3.05) is 11.9 Å². The summed E-state index contributed by atoms with van der Waals surface area (Å²) in [5.41, 5.74) is 0.748. The number of hydrogen-bond donors (Lipinski definition) is 2. The fourth-order valence-corrected chi connectivity index (χ4v) is 4.12. The predicted molar refractivity (Wildman–Crippen MR) is 94.4 cm³/mol. The number of hydrogen-bond acceptors (Lipinski definition) is 6. The van der Waals surface area contributed by atoms with Crippen molar-refractivity contribution < 1.29 is 4.79 Å². The summed E-state index contributed by atoms with van der Waals surface area (Å²) in [6.07, 6.45) is 6.60. The lowest BCUT2D eigenvalue weighted by atomic mass is 10.2. The van der Waals surface area contributed by atoms with E-state index < -0.39 is 0 Å². The molecule has 1 atom stereocenters. The van der Waals surface area contributed by atoms with Crippen LogP contribution < -0.4 is 10.6 Å². The number of aryl methyl sites for hydroxylation is 1. The number of anilines is 1. The zero-order chi connectivity index (χ0) is 17.1. The minimum atomic E-state index is -0.190. The molecule has 8 heteroatoms. The van der Waals surface area contributed by atoms with E-state index in [9.17, 15) is 4.79 Å². The molecule has 1 saturated carbocycles. The highest BCUT2D eigenvalue weighted by atomic mass is 32.1. The smallest absolute Gasteiger partial charge is 0.263 e. The lowest BCUT2D eigenvalue weighted by Gasteiger charge is -2.18. The Morgan fingerprint density at radius 1 is 1.46 bits per heavy atom. The highest BCUT2D eigenvalue weighted by Gasteiger charge is 2.24. The average Bonchev–Trinajstić information content (AvgIpc) is 3.27. The summed E-state index contributed by atoms with van der Waals surface area (Å²) in [6.45, 7) is 6.61. The average molecular weight is 348 g/mol. The van der Waals surface area contributed by atoms with Gasteiger partial charge in [-0.05, 0) is 33.6 Å². The second-order valence-electron chi connectivity index (χ2n) is 6.19. The molecule has 1 fully saturated rings. The topological polar surface area (TPSA) is 84.7 Å².